The van der Waals surface area contributed by atoms with Gasteiger partial charge >= 0.3 is 6.09 Å². The maximum atomic E-state index is 11.9. The van der Waals surface area contributed by atoms with Crippen molar-refractivity contribution in [1.29, 1.82) is 0 Å². The van der Waals surface area contributed by atoms with Crippen molar-refractivity contribution in [3.63, 3.8) is 0 Å². The van der Waals surface area contributed by atoms with E-state index < -0.39 is 18.6 Å². The summed E-state index contributed by atoms with van der Waals surface area (Å²) in [7, 11) is 0. The van der Waals surface area contributed by atoms with Gasteiger partial charge in [-0.1, -0.05) is 0 Å². The second-order valence-corrected chi connectivity index (χ2v) is 4.29. The molecule has 5 nitrogen and oxygen atoms in total. The number of carbonyl (C=O) groups is 1. The van der Waals surface area contributed by atoms with E-state index >= 15 is 0 Å². The van der Waals surface area contributed by atoms with Crippen LogP contribution in [-0.2, 0) is 4.74 Å². The molecule has 0 spiro atoms. The van der Waals surface area contributed by atoms with Gasteiger partial charge in [-0.25, -0.2) is 9.18 Å². The van der Waals surface area contributed by atoms with Crippen LogP contribution < -0.4 is 10.1 Å². The van der Waals surface area contributed by atoms with E-state index in [-0.39, 0.29) is 5.75 Å². The quantitative estimate of drug-likeness (QED) is 0.885. The first-order valence-corrected chi connectivity index (χ1v) is 5.04. The Labute approximate surface area is 98.9 Å². The van der Waals surface area contributed by atoms with Gasteiger partial charge in [0.15, 0.2) is 0 Å². The third-order valence-corrected chi connectivity index (χ3v) is 1.58. The maximum Gasteiger partial charge on any atom is 0.412 e. The predicted octanol–water partition coefficient (Wildman–Crippen LogP) is 2.73. The average molecular weight is 242 g/mol. The van der Waals surface area contributed by atoms with Crippen LogP contribution in [0.3, 0.4) is 0 Å². The van der Waals surface area contributed by atoms with E-state index in [1.807, 2.05) is 0 Å². The molecule has 17 heavy (non-hydrogen) atoms. The number of amides is 1. The van der Waals surface area contributed by atoms with Gasteiger partial charge in [0.2, 0.25) is 6.86 Å². The lowest BCUT2D eigenvalue weighted by Crippen LogP contribution is -2.27. The van der Waals surface area contributed by atoms with E-state index in [0.29, 0.717) is 5.69 Å². The number of rotatable bonds is 3. The van der Waals surface area contributed by atoms with Gasteiger partial charge in [0, 0.05) is 6.07 Å². The molecule has 1 amide bonds. The minimum atomic E-state index is -0.947. The number of carbonyl (C=O) groups excluding carboxylic acids is 1. The van der Waals surface area contributed by atoms with Gasteiger partial charge in [0.1, 0.15) is 11.4 Å². The molecule has 0 bridgehead atoms. The van der Waals surface area contributed by atoms with Gasteiger partial charge < -0.3 is 9.47 Å². The Morgan fingerprint density at radius 1 is 1.47 bits per heavy atom. The lowest BCUT2D eigenvalue weighted by Gasteiger charge is -2.19. The third-order valence-electron chi connectivity index (χ3n) is 1.58. The molecule has 1 heterocycles. The second kappa shape index (κ2) is 5.47. The predicted molar refractivity (Wildman–Crippen MR) is 60.7 cm³/mol. The standard InChI is InChI=1S/C11H15FN2O3/c1-11(2,3)17-10(15)14-8-4-9(16-7-12)6-13-5-8/h4-6H,7H2,1-3H3,(H,14,15). The van der Waals surface area contributed by atoms with Crippen LogP contribution in [0.4, 0.5) is 14.9 Å². The maximum absolute atomic E-state index is 11.9. The first-order valence-electron chi connectivity index (χ1n) is 5.04. The molecule has 1 N–H and O–H groups in total. The minimum Gasteiger partial charge on any atom is -0.461 e. The summed E-state index contributed by atoms with van der Waals surface area (Å²) in [4.78, 5) is 15.2. The molecule has 0 unspecified atom stereocenters. The first kappa shape index (κ1) is 13.2. The van der Waals surface area contributed by atoms with Gasteiger partial charge in [0.25, 0.3) is 0 Å². The molecule has 0 aliphatic heterocycles. The van der Waals surface area contributed by atoms with Crippen LogP contribution in [-0.4, -0.2) is 23.5 Å². The van der Waals surface area contributed by atoms with Crippen molar-refractivity contribution in [2.75, 3.05) is 12.2 Å². The van der Waals surface area contributed by atoms with Crippen LogP contribution in [0, 0.1) is 0 Å². The lowest BCUT2D eigenvalue weighted by molar-refractivity contribution is 0.0636. The Morgan fingerprint density at radius 3 is 2.76 bits per heavy atom. The van der Waals surface area contributed by atoms with E-state index in [1.54, 1.807) is 20.8 Å². The monoisotopic (exact) mass is 242 g/mol. The summed E-state index contributed by atoms with van der Waals surface area (Å²) in [6.45, 7) is 4.33. The van der Waals surface area contributed by atoms with Crippen LogP contribution in [0.15, 0.2) is 18.5 Å². The first-order chi connectivity index (χ1) is 7.90. The second-order valence-electron chi connectivity index (χ2n) is 4.29. The number of nitrogens with zero attached hydrogens (tertiary/aromatic N) is 1. The molecule has 0 radical (unpaired) electrons. The van der Waals surface area contributed by atoms with Crippen molar-refractivity contribution in [2.45, 2.75) is 26.4 Å². The van der Waals surface area contributed by atoms with E-state index in [4.69, 9.17) is 4.74 Å². The van der Waals surface area contributed by atoms with Crippen molar-refractivity contribution < 1.29 is 18.7 Å². The number of pyridine rings is 1. The molecule has 0 aliphatic carbocycles. The Morgan fingerprint density at radius 2 is 2.18 bits per heavy atom. The molecule has 0 atom stereocenters. The lowest BCUT2D eigenvalue weighted by atomic mass is 10.2. The smallest absolute Gasteiger partial charge is 0.412 e. The normalized spacial score (nSPS) is 10.8. The number of hydrogen-bond acceptors (Lipinski definition) is 4. The highest BCUT2D eigenvalue weighted by molar-refractivity contribution is 5.84. The van der Waals surface area contributed by atoms with Crippen LogP contribution in [0.25, 0.3) is 0 Å². The average Bonchev–Trinajstić information content (AvgIpc) is 2.15. The zero-order valence-corrected chi connectivity index (χ0v) is 9.99. The summed E-state index contributed by atoms with van der Waals surface area (Å²) in [6, 6.07) is 1.45. The van der Waals surface area contributed by atoms with E-state index in [9.17, 15) is 9.18 Å². The molecule has 94 valence electrons. The van der Waals surface area contributed by atoms with Crippen molar-refractivity contribution in [3.05, 3.63) is 18.5 Å². The fourth-order valence-electron chi connectivity index (χ4n) is 1.05. The van der Waals surface area contributed by atoms with E-state index in [2.05, 4.69) is 15.0 Å². The van der Waals surface area contributed by atoms with Crippen LogP contribution in [0.1, 0.15) is 20.8 Å². The summed E-state index contributed by atoms with van der Waals surface area (Å²) in [5.74, 6) is 0.237. The SMILES string of the molecule is CC(C)(C)OC(=O)Nc1cncc(OCF)c1. The summed E-state index contributed by atoms with van der Waals surface area (Å²) < 4.78 is 21.6. The summed E-state index contributed by atoms with van der Waals surface area (Å²) in [5.41, 5.74) is -0.199. The Balaban J connectivity index is 2.62. The van der Waals surface area contributed by atoms with Gasteiger partial charge in [-0.15, -0.1) is 0 Å². The molecule has 1 aromatic heterocycles. The molecule has 6 heteroatoms. The molecule has 1 rings (SSSR count). The van der Waals surface area contributed by atoms with Crippen LogP contribution >= 0.6 is 0 Å². The number of anilines is 1. The highest BCUT2D eigenvalue weighted by Gasteiger charge is 2.16. The number of hydrogen-bond donors (Lipinski definition) is 1. The molecule has 0 saturated heterocycles. The van der Waals surface area contributed by atoms with E-state index in [1.165, 1.54) is 18.5 Å². The molecule has 0 aliphatic rings. The third kappa shape index (κ3) is 5.14. The molecule has 0 fully saturated rings. The van der Waals surface area contributed by atoms with Crippen molar-refractivity contribution >= 4 is 11.8 Å². The number of nitrogens with one attached hydrogen (secondary N) is 1. The fourth-order valence-corrected chi connectivity index (χ4v) is 1.05. The number of halogens is 1. The zero-order valence-electron chi connectivity index (χ0n) is 9.99. The number of alkyl halides is 1. The molecule has 1 aromatic rings. The number of ether oxygens (including phenoxy) is 2. The van der Waals surface area contributed by atoms with Gasteiger partial charge in [-0.05, 0) is 20.8 Å². The number of aromatic nitrogens is 1. The van der Waals surface area contributed by atoms with Crippen molar-refractivity contribution in [3.8, 4) is 5.75 Å². The summed E-state index contributed by atoms with van der Waals surface area (Å²) in [6.07, 6.45) is 2.16. The zero-order chi connectivity index (χ0) is 12.9. The fraction of sp³-hybridized carbons (Fsp3) is 0.455. The summed E-state index contributed by atoms with van der Waals surface area (Å²) >= 11 is 0. The largest absolute Gasteiger partial charge is 0.461 e. The van der Waals surface area contributed by atoms with Gasteiger partial charge in [0.05, 0.1) is 18.1 Å². The molecular weight excluding hydrogens is 227 g/mol. The molecule has 0 aromatic carbocycles. The Hall–Kier alpha value is -1.85. The summed E-state index contributed by atoms with van der Waals surface area (Å²) in [5, 5.41) is 2.47. The highest BCUT2D eigenvalue weighted by Crippen LogP contribution is 2.16. The van der Waals surface area contributed by atoms with Crippen molar-refractivity contribution in [1.82, 2.24) is 4.98 Å². The highest BCUT2D eigenvalue weighted by atomic mass is 19.1. The molecular formula is C11H15FN2O3. The molecule has 0 saturated carbocycles. The Kier molecular flexibility index (Phi) is 4.25. The van der Waals surface area contributed by atoms with Crippen LogP contribution in [0.5, 0.6) is 5.75 Å². The van der Waals surface area contributed by atoms with Gasteiger partial charge in [-0.2, -0.15) is 0 Å². The topological polar surface area (TPSA) is 60.5 Å². The van der Waals surface area contributed by atoms with Crippen LogP contribution in [0.2, 0.25) is 0 Å². The minimum absolute atomic E-state index is 0.237. The van der Waals surface area contributed by atoms with E-state index in [0.717, 1.165) is 0 Å². The van der Waals surface area contributed by atoms with Crippen molar-refractivity contribution in [2.24, 2.45) is 0 Å². The van der Waals surface area contributed by atoms with Gasteiger partial charge in [-0.3, -0.25) is 10.3 Å². The Bertz CT molecular complexity index is 391.